The molecule has 0 aliphatic heterocycles. The van der Waals surface area contributed by atoms with Crippen LogP contribution < -0.4 is 5.32 Å². The minimum Gasteiger partial charge on any atom is -0.388 e. The first-order valence-corrected chi connectivity index (χ1v) is 6.65. The molecule has 0 bridgehead atoms. The van der Waals surface area contributed by atoms with Crippen molar-refractivity contribution >= 4 is 5.91 Å². The summed E-state index contributed by atoms with van der Waals surface area (Å²) in [6.45, 7) is 5.20. The molecule has 108 valence electrons. The van der Waals surface area contributed by atoms with E-state index in [0.717, 1.165) is 6.42 Å². The maximum absolute atomic E-state index is 12.1. The monoisotopic (exact) mass is 268 g/mol. The van der Waals surface area contributed by atoms with Crippen LogP contribution in [0.15, 0.2) is 18.3 Å². The lowest BCUT2D eigenvalue weighted by Gasteiger charge is -2.23. The molecule has 1 amide bonds. The third kappa shape index (κ3) is 5.04. The van der Waals surface area contributed by atoms with Crippen molar-refractivity contribution in [1.29, 1.82) is 0 Å². The molecule has 0 aliphatic rings. The summed E-state index contributed by atoms with van der Waals surface area (Å²) in [7, 11) is 1.63. The summed E-state index contributed by atoms with van der Waals surface area (Å²) in [5.74, 6) is -0.169. The number of nitrogens with one attached hydrogen (secondary N) is 1. The standard InChI is InChI=1S/C14H24N2O3/c1-4-7-14(2,18)11-15-13(17)12-6-5-8-16(12)9-10-19-3/h5-6,8,18H,4,7,9-11H2,1-3H3,(H,15,17). The molecule has 5 nitrogen and oxygen atoms in total. The molecule has 1 aromatic rings. The predicted molar refractivity (Wildman–Crippen MR) is 74.2 cm³/mol. The normalized spacial score (nSPS) is 14.1. The smallest absolute Gasteiger partial charge is 0.268 e. The lowest BCUT2D eigenvalue weighted by atomic mass is 10.0. The molecule has 1 atom stereocenters. The summed E-state index contributed by atoms with van der Waals surface area (Å²) in [6, 6.07) is 3.59. The highest BCUT2D eigenvalue weighted by Crippen LogP contribution is 2.10. The molecule has 1 unspecified atom stereocenters. The van der Waals surface area contributed by atoms with Gasteiger partial charge >= 0.3 is 0 Å². The van der Waals surface area contributed by atoms with Gasteiger partial charge in [0.1, 0.15) is 5.69 Å². The molecule has 0 spiro atoms. The number of carbonyl (C=O) groups excluding carboxylic acids is 1. The SMILES string of the molecule is CCCC(C)(O)CNC(=O)c1cccn1CCOC. The zero-order chi connectivity index (χ0) is 14.3. The van der Waals surface area contributed by atoms with Crippen molar-refractivity contribution in [2.45, 2.75) is 38.8 Å². The van der Waals surface area contributed by atoms with E-state index in [1.165, 1.54) is 0 Å². The number of carbonyl (C=O) groups is 1. The summed E-state index contributed by atoms with van der Waals surface area (Å²) < 4.78 is 6.84. The number of aromatic nitrogens is 1. The van der Waals surface area contributed by atoms with Crippen LogP contribution in [0.25, 0.3) is 0 Å². The van der Waals surface area contributed by atoms with Crippen LogP contribution >= 0.6 is 0 Å². The van der Waals surface area contributed by atoms with Gasteiger partial charge in [0.05, 0.1) is 12.2 Å². The van der Waals surface area contributed by atoms with Crippen LogP contribution in [0.3, 0.4) is 0 Å². The van der Waals surface area contributed by atoms with Gasteiger partial charge in [-0.15, -0.1) is 0 Å². The molecule has 1 aromatic heterocycles. The molecule has 0 fully saturated rings. The average Bonchev–Trinajstić information content (AvgIpc) is 2.82. The third-order valence-electron chi connectivity index (χ3n) is 3.02. The average molecular weight is 268 g/mol. The van der Waals surface area contributed by atoms with Gasteiger partial charge in [-0.2, -0.15) is 0 Å². The second-order valence-corrected chi connectivity index (χ2v) is 5.01. The lowest BCUT2D eigenvalue weighted by molar-refractivity contribution is 0.0467. The highest BCUT2D eigenvalue weighted by Gasteiger charge is 2.21. The Morgan fingerprint density at radius 1 is 1.58 bits per heavy atom. The Labute approximate surface area is 114 Å². The minimum atomic E-state index is -0.853. The molecular weight excluding hydrogens is 244 g/mol. The van der Waals surface area contributed by atoms with E-state index in [0.29, 0.717) is 25.3 Å². The molecule has 0 saturated carbocycles. The van der Waals surface area contributed by atoms with E-state index >= 15 is 0 Å². The zero-order valence-electron chi connectivity index (χ0n) is 12.0. The van der Waals surface area contributed by atoms with Crippen LogP contribution in [0.4, 0.5) is 0 Å². The van der Waals surface area contributed by atoms with E-state index in [2.05, 4.69) is 5.32 Å². The highest BCUT2D eigenvalue weighted by molar-refractivity contribution is 5.92. The van der Waals surface area contributed by atoms with Crippen molar-refractivity contribution in [2.75, 3.05) is 20.3 Å². The molecule has 1 heterocycles. The second kappa shape index (κ2) is 7.31. The third-order valence-corrected chi connectivity index (χ3v) is 3.02. The number of nitrogens with zero attached hydrogens (tertiary/aromatic N) is 1. The van der Waals surface area contributed by atoms with Crippen LogP contribution in [0, 0.1) is 0 Å². The number of aliphatic hydroxyl groups is 1. The Kier molecular flexibility index (Phi) is 6.05. The van der Waals surface area contributed by atoms with Crippen molar-refractivity contribution < 1.29 is 14.6 Å². The van der Waals surface area contributed by atoms with Crippen LogP contribution in [0.2, 0.25) is 0 Å². The summed E-state index contributed by atoms with van der Waals surface area (Å²) in [5, 5.41) is 12.8. The zero-order valence-corrected chi connectivity index (χ0v) is 12.0. The van der Waals surface area contributed by atoms with Crippen molar-refractivity contribution in [2.24, 2.45) is 0 Å². The van der Waals surface area contributed by atoms with Crippen LogP contribution in [0.5, 0.6) is 0 Å². The van der Waals surface area contributed by atoms with Crippen molar-refractivity contribution in [3.63, 3.8) is 0 Å². The quantitative estimate of drug-likeness (QED) is 0.749. The largest absolute Gasteiger partial charge is 0.388 e. The summed E-state index contributed by atoms with van der Waals surface area (Å²) >= 11 is 0. The number of ether oxygens (including phenoxy) is 1. The van der Waals surface area contributed by atoms with Crippen molar-refractivity contribution in [3.8, 4) is 0 Å². The van der Waals surface area contributed by atoms with Crippen LogP contribution in [-0.2, 0) is 11.3 Å². The number of hydrogen-bond acceptors (Lipinski definition) is 3. The summed E-state index contributed by atoms with van der Waals surface area (Å²) in [6.07, 6.45) is 3.39. The fraction of sp³-hybridized carbons (Fsp3) is 0.643. The number of hydrogen-bond donors (Lipinski definition) is 2. The molecular formula is C14H24N2O3. The first-order chi connectivity index (χ1) is 9.00. The Morgan fingerprint density at radius 3 is 2.95 bits per heavy atom. The molecule has 2 N–H and O–H groups in total. The van der Waals surface area contributed by atoms with Crippen LogP contribution in [0.1, 0.15) is 37.2 Å². The van der Waals surface area contributed by atoms with E-state index in [-0.39, 0.29) is 12.5 Å². The summed E-state index contributed by atoms with van der Waals surface area (Å²) in [4.78, 5) is 12.1. The van der Waals surface area contributed by atoms with Crippen LogP contribution in [-0.4, -0.2) is 41.4 Å². The second-order valence-electron chi connectivity index (χ2n) is 5.01. The van der Waals surface area contributed by atoms with Gasteiger partial charge in [0, 0.05) is 26.4 Å². The van der Waals surface area contributed by atoms with Gasteiger partial charge in [0.25, 0.3) is 5.91 Å². The van der Waals surface area contributed by atoms with E-state index in [1.54, 1.807) is 20.1 Å². The molecule has 0 aromatic carbocycles. The van der Waals surface area contributed by atoms with E-state index in [4.69, 9.17) is 4.74 Å². The van der Waals surface area contributed by atoms with Gasteiger partial charge in [-0.05, 0) is 25.5 Å². The highest BCUT2D eigenvalue weighted by atomic mass is 16.5. The maximum atomic E-state index is 12.1. The lowest BCUT2D eigenvalue weighted by Crippen LogP contribution is -2.41. The van der Waals surface area contributed by atoms with E-state index < -0.39 is 5.60 Å². The number of amides is 1. The van der Waals surface area contributed by atoms with Gasteiger partial charge in [0.2, 0.25) is 0 Å². The minimum absolute atomic E-state index is 0.169. The first kappa shape index (κ1) is 15.7. The number of rotatable bonds is 8. The Balaban J connectivity index is 2.56. The van der Waals surface area contributed by atoms with Crippen molar-refractivity contribution in [3.05, 3.63) is 24.0 Å². The number of methoxy groups -OCH3 is 1. The molecule has 1 rings (SSSR count). The topological polar surface area (TPSA) is 63.5 Å². The molecule has 19 heavy (non-hydrogen) atoms. The van der Waals surface area contributed by atoms with Gasteiger partial charge in [-0.3, -0.25) is 4.79 Å². The molecule has 5 heteroatoms. The molecule has 0 radical (unpaired) electrons. The van der Waals surface area contributed by atoms with E-state index in [1.807, 2.05) is 23.8 Å². The van der Waals surface area contributed by atoms with Crippen molar-refractivity contribution in [1.82, 2.24) is 9.88 Å². The van der Waals surface area contributed by atoms with Gasteiger partial charge in [-0.25, -0.2) is 0 Å². The Bertz CT molecular complexity index is 399. The predicted octanol–water partition coefficient (Wildman–Crippen LogP) is 1.42. The molecule has 0 saturated heterocycles. The fourth-order valence-corrected chi connectivity index (χ4v) is 1.99. The van der Waals surface area contributed by atoms with Gasteiger partial charge in [-0.1, -0.05) is 13.3 Å². The van der Waals surface area contributed by atoms with Gasteiger partial charge < -0.3 is 19.7 Å². The maximum Gasteiger partial charge on any atom is 0.268 e. The Hall–Kier alpha value is -1.33. The Morgan fingerprint density at radius 2 is 2.32 bits per heavy atom. The van der Waals surface area contributed by atoms with E-state index in [9.17, 15) is 9.90 Å². The summed E-state index contributed by atoms with van der Waals surface area (Å²) in [5.41, 5.74) is -0.265. The fourth-order valence-electron chi connectivity index (χ4n) is 1.99. The first-order valence-electron chi connectivity index (χ1n) is 6.65. The molecule has 0 aliphatic carbocycles. The van der Waals surface area contributed by atoms with Gasteiger partial charge in [0.15, 0.2) is 0 Å².